The summed E-state index contributed by atoms with van der Waals surface area (Å²) in [5.41, 5.74) is 0. The van der Waals surface area contributed by atoms with E-state index in [1.54, 1.807) is 0 Å². The number of hydrogen-bond donors (Lipinski definition) is 2. The second kappa shape index (κ2) is 6.19. The zero-order valence-electron chi connectivity index (χ0n) is 9.44. The van der Waals surface area contributed by atoms with Crippen molar-refractivity contribution in [3.8, 4) is 0 Å². The first-order valence-electron chi connectivity index (χ1n) is 5.86. The summed E-state index contributed by atoms with van der Waals surface area (Å²) in [4.78, 5) is 0. The molecule has 0 bridgehead atoms. The Labute approximate surface area is 104 Å². The van der Waals surface area contributed by atoms with Crippen LogP contribution in [0.25, 0.3) is 0 Å². The van der Waals surface area contributed by atoms with Gasteiger partial charge in [-0.2, -0.15) is 0 Å². The van der Waals surface area contributed by atoms with E-state index in [9.17, 15) is 8.42 Å². The van der Waals surface area contributed by atoms with Crippen molar-refractivity contribution in [2.45, 2.75) is 38.1 Å². The van der Waals surface area contributed by atoms with E-state index in [-0.39, 0.29) is 18.4 Å². The fourth-order valence-electron chi connectivity index (χ4n) is 1.99. The van der Waals surface area contributed by atoms with Gasteiger partial charge < -0.3 is 5.32 Å². The third-order valence-electron chi connectivity index (χ3n) is 3.13. The highest BCUT2D eigenvalue weighted by Gasteiger charge is 2.25. The Kier molecular flexibility index (Phi) is 5.50. The lowest BCUT2D eigenvalue weighted by Crippen LogP contribution is -2.46. The van der Waals surface area contributed by atoms with Crippen LogP contribution < -0.4 is 10.0 Å². The third kappa shape index (κ3) is 4.99. The van der Waals surface area contributed by atoms with E-state index in [0.29, 0.717) is 11.7 Å². The summed E-state index contributed by atoms with van der Waals surface area (Å²) < 4.78 is 26.2. The fraction of sp³-hybridized carbons (Fsp3) is 1.00. The molecule has 1 aliphatic carbocycles. The second-order valence-corrected chi connectivity index (χ2v) is 6.59. The minimum Gasteiger partial charge on any atom is -0.315 e. The number of nitrogens with one attached hydrogen (secondary N) is 2. The van der Waals surface area contributed by atoms with E-state index in [1.807, 2.05) is 0 Å². The van der Waals surface area contributed by atoms with Gasteiger partial charge in [-0.1, -0.05) is 12.8 Å². The van der Waals surface area contributed by atoms with Crippen molar-refractivity contribution in [3.05, 3.63) is 0 Å². The Balaban J connectivity index is 0.00000128. The molecule has 4 nitrogen and oxygen atoms in total. The molecular weight excluding hydrogens is 248 g/mol. The predicted molar refractivity (Wildman–Crippen MR) is 67.4 cm³/mol. The quantitative estimate of drug-likeness (QED) is 0.778. The topological polar surface area (TPSA) is 58.2 Å². The lowest BCUT2D eigenvalue weighted by molar-refractivity contribution is 0.428. The lowest BCUT2D eigenvalue weighted by atomic mass is 10.1. The van der Waals surface area contributed by atoms with E-state index >= 15 is 0 Å². The molecule has 0 aromatic heterocycles. The number of rotatable bonds is 5. The molecule has 2 rings (SSSR count). The van der Waals surface area contributed by atoms with Crippen LogP contribution in [-0.4, -0.2) is 33.3 Å². The maximum atomic E-state index is 11.7. The smallest absolute Gasteiger partial charge is 0.211 e. The highest BCUT2D eigenvalue weighted by atomic mass is 35.5. The lowest BCUT2D eigenvalue weighted by Gasteiger charge is -2.23. The molecule has 2 fully saturated rings. The number of halogens is 1. The molecule has 0 amide bonds. The minimum absolute atomic E-state index is 0. The van der Waals surface area contributed by atoms with Gasteiger partial charge >= 0.3 is 0 Å². The van der Waals surface area contributed by atoms with Crippen molar-refractivity contribution in [3.63, 3.8) is 0 Å². The molecular formula is C10H21ClN2O2S. The van der Waals surface area contributed by atoms with Crippen LogP contribution in [0.3, 0.4) is 0 Å². The summed E-state index contributed by atoms with van der Waals surface area (Å²) in [7, 11) is -3.03. The van der Waals surface area contributed by atoms with Gasteiger partial charge in [0.15, 0.2) is 0 Å². The molecule has 0 aromatic carbocycles. The molecule has 1 saturated heterocycles. The van der Waals surface area contributed by atoms with Crippen molar-refractivity contribution >= 4 is 22.4 Å². The fourth-order valence-corrected chi connectivity index (χ4v) is 3.46. The van der Waals surface area contributed by atoms with Gasteiger partial charge in [0.25, 0.3) is 0 Å². The number of hydrogen-bond acceptors (Lipinski definition) is 3. The Morgan fingerprint density at radius 1 is 1.25 bits per heavy atom. The Hall–Kier alpha value is 0.160. The summed E-state index contributed by atoms with van der Waals surface area (Å²) in [6, 6.07) is 0.114. The Morgan fingerprint density at radius 2 is 2.00 bits per heavy atom. The van der Waals surface area contributed by atoms with Crippen LogP contribution >= 0.6 is 12.4 Å². The van der Waals surface area contributed by atoms with Crippen molar-refractivity contribution in [2.75, 3.05) is 18.8 Å². The van der Waals surface area contributed by atoms with Crippen LogP contribution in [0.5, 0.6) is 0 Å². The van der Waals surface area contributed by atoms with Crippen LogP contribution in [0, 0.1) is 5.92 Å². The minimum atomic E-state index is -3.03. The van der Waals surface area contributed by atoms with Gasteiger partial charge in [0, 0.05) is 12.6 Å². The molecule has 1 saturated carbocycles. The van der Waals surface area contributed by atoms with Gasteiger partial charge in [-0.25, -0.2) is 13.1 Å². The van der Waals surface area contributed by atoms with E-state index in [4.69, 9.17) is 0 Å². The molecule has 2 N–H and O–H groups in total. The number of piperidine rings is 1. The Bertz CT molecular complexity index is 298. The predicted octanol–water partition coefficient (Wildman–Crippen LogP) is 0.880. The van der Waals surface area contributed by atoms with E-state index < -0.39 is 10.0 Å². The van der Waals surface area contributed by atoms with Crippen molar-refractivity contribution in [1.82, 2.24) is 10.0 Å². The van der Waals surface area contributed by atoms with E-state index in [1.165, 1.54) is 12.8 Å². The van der Waals surface area contributed by atoms with Gasteiger partial charge in [0.05, 0.1) is 5.75 Å². The molecule has 2 aliphatic rings. The maximum Gasteiger partial charge on any atom is 0.211 e. The monoisotopic (exact) mass is 268 g/mol. The van der Waals surface area contributed by atoms with Crippen molar-refractivity contribution in [1.29, 1.82) is 0 Å². The molecule has 0 spiro atoms. The summed E-state index contributed by atoms with van der Waals surface area (Å²) in [5.74, 6) is 1.000. The maximum absolute atomic E-state index is 11.7. The first-order valence-corrected chi connectivity index (χ1v) is 7.52. The second-order valence-electron chi connectivity index (χ2n) is 4.71. The molecule has 16 heavy (non-hydrogen) atoms. The zero-order valence-corrected chi connectivity index (χ0v) is 11.1. The van der Waals surface area contributed by atoms with E-state index in [2.05, 4.69) is 10.0 Å². The summed E-state index contributed by atoms with van der Waals surface area (Å²) in [6.45, 7) is 1.79. The van der Waals surface area contributed by atoms with Crippen LogP contribution in [0.4, 0.5) is 0 Å². The largest absolute Gasteiger partial charge is 0.315 e. The molecule has 96 valence electrons. The SMILES string of the molecule is Cl.O=S(=O)(CCC1CC1)N[C@@H]1CCCNC1. The molecule has 1 atom stereocenters. The standard InChI is InChI=1S/C10H20N2O2S.ClH/c13-15(14,7-5-9-3-4-9)12-10-2-1-6-11-8-10;/h9-12H,1-8H2;1H/t10-;/m1./s1. The van der Waals surface area contributed by atoms with Gasteiger partial charge in [-0.15, -0.1) is 12.4 Å². The average molecular weight is 269 g/mol. The van der Waals surface area contributed by atoms with Gasteiger partial charge in [-0.05, 0) is 31.7 Å². The zero-order chi connectivity index (χ0) is 10.7. The first kappa shape index (κ1) is 14.2. The van der Waals surface area contributed by atoms with Gasteiger partial charge in [-0.3, -0.25) is 0 Å². The normalized spacial score (nSPS) is 26.1. The molecule has 0 aromatic rings. The number of sulfonamides is 1. The third-order valence-corrected chi connectivity index (χ3v) is 4.60. The molecule has 0 unspecified atom stereocenters. The summed E-state index contributed by atoms with van der Waals surface area (Å²) >= 11 is 0. The summed E-state index contributed by atoms with van der Waals surface area (Å²) in [6.07, 6.45) is 5.32. The van der Waals surface area contributed by atoms with Gasteiger partial charge in [0.2, 0.25) is 10.0 Å². The van der Waals surface area contributed by atoms with Crippen LogP contribution in [-0.2, 0) is 10.0 Å². The van der Waals surface area contributed by atoms with Crippen LogP contribution in [0.2, 0.25) is 0 Å². The molecule has 1 heterocycles. The average Bonchev–Trinajstić information content (AvgIpc) is 2.99. The molecule has 0 radical (unpaired) electrons. The molecule has 1 aliphatic heterocycles. The van der Waals surface area contributed by atoms with Crippen LogP contribution in [0.1, 0.15) is 32.1 Å². The first-order chi connectivity index (χ1) is 7.16. The highest BCUT2D eigenvalue weighted by Crippen LogP contribution is 2.32. The Morgan fingerprint density at radius 3 is 2.56 bits per heavy atom. The van der Waals surface area contributed by atoms with Crippen molar-refractivity contribution < 1.29 is 8.42 Å². The van der Waals surface area contributed by atoms with E-state index in [0.717, 1.165) is 32.4 Å². The highest BCUT2D eigenvalue weighted by molar-refractivity contribution is 7.89. The van der Waals surface area contributed by atoms with Gasteiger partial charge in [0.1, 0.15) is 0 Å². The van der Waals surface area contributed by atoms with Crippen LogP contribution in [0.15, 0.2) is 0 Å². The summed E-state index contributed by atoms with van der Waals surface area (Å²) in [5, 5.41) is 3.21. The van der Waals surface area contributed by atoms with Crippen molar-refractivity contribution in [2.24, 2.45) is 5.92 Å². The molecule has 6 heteroatoms.